The highest BCUT2D eigenvalue weighted by molar-refractivity contribution is 7.78. The van der Waals surface area contributed by atoms with E-state index in [0.29, 0.717) is 0 Å². The number of hydrogen-bond acceptors (Lipinski definition) is 3. The third kappa shape index (κ3) is 2.75. The number of aryl methyl sites for hydroxylation is 2. The van der Waals surface area contributed by atoms with Crippen molar-refractivity contribution in [3.05, 3.63) is 29.3 Å². The van der Waals surface area contributed by atoms with Crippen molar-refractivity contribution in [1.29, 1.82) is 0 Å². The van der Waals surface area contributed by atoms with Gasteiger partial charge in [-0.2, -0.15) is 0 Å². The molecule has 0 bridgehead atoms. The van der Waals surface area contributed by atoms with Crippen LogP contribution in [0.25, 0.3) is 0 Å². The Morgan fingerprint density at radius 1 is 1.44 bits per heavy atom. The Bertz CT molecular complexity index is 430. The van der Waals surface area contributed by atoms with E-state index in [9.17, 15) is 4.79 Å². The number of hydrogen-bond donors (Lipinski definition) is 0. The van der Waals surface area contributed by atoms with Crippen molar-refractivity contribution in [2.45, 2.75) is 20.8 Å². The van der Waals surface area contributed by atoms with Gasteiger partial charge < -0.3 is 0 Å². The van der Waals surface area contributed by atoms with Crippen LogP contribution in [0.1, 0.15) is 18.1 Å². The third-order valence-electron chi connectivity index (χ3n) is 2.37. The Morgan fingerprint density at radius 2 is 2.00 bits per heavy atom. The van der Waals surface area contributed by atoms with Crippen LogP contribution in [0.3, 0.4) is 0 Å². The third-order valence-corrected chi connectivity index (χ3v) is 2.50. The zero-order valence-electron chi connectivity index (χ0n) is 9.65. The highest BCUT2D eigenvalue weighted by Crippen LogP contribution is 2.24. The molecule has 0 spiro atoms. The van der Waals surface area contributed by atoms with Gasteiger partial charge in [0.25, 0.3) is 0 Å². The van der Waals surface area contributed by atoms with Crippen LogP contribution in [0.4, 0.5) is 5.69 Å². The summed E-state index contributed by atoms with van der Waals surface area (Å²) < 4.78 is 0. The van der Waals surface area contributed by atoms with Crippen LogP contribution >= 0.6 is 12.2 Å². The second-order valence-corrected chi connectivity index (χ2v) is 3.76. The lowest BCUT2D eigenvalue weighted by Crippen LogP contribution is -2.29. The molecule has 0 heterocycles. The van der Waals surface area contributed by atoms with Gasteiger partial charge in [0.1, 0.15) is 6.67 Å². The number of para-hydroxylation sites is 1. The lowest BCUT2D eigenvalue weighted by molar-refractivity contribution is -0.116. The van der Waals surface area contributed by atoms with Crippen LogP contribution in [0, 0.1) is 13.8 Å². The number of isothiocyanates is 1. The summed E-state index contributed by atoms with van der Waals surface area (Å²) in [6.07, 6.45) is 0. The predicted octanol–water partition coefficient (Wildman–Crippen LogP) is 2.72. The van der Waals surface area contributed by atoms with Crippen molar-refractivity contribution in [2.24, 2.45) is 4.99 Å². The van der Waals surface area contributed by atoms with Crippen molar-refractivity contribution in [2.75, 3.05) is 11.6 Å². The zero-order valence-corrected chi connectivity index (χ0v) is 10.5. The fourth-order valence-corrected chi connectivity index (χ4v) is 1.72. The fourth-order valence-electron chi connectivity index (χ4n) is 1.66. The van der Waals surface area contributed by atoms with E-state index < -0.39 is 0 Å². The van der Waals surface area contributed by atoms with Gasteiger partial charge in [0.2, 0.25) is 5.91 Å². The fraction of sp³-hybridized carbons (Fsp3) is 0.333. The van der Waals surface area contributed by atoms with Crippen molar-refractivity contribution in [3.8, 4) is 0 Å². The Morgan fingerprint density at radius 3 is 2.44 bits per heavy atom. The van der Waals surface area contributed by atoms with Crippen LogP contribution in [-0.4, -0.2) is 17.7 Å². The molecule has 0 aliphatic heterocycles. The van der Waals surface area contributed by atoms with Gasteiger partial charge in [-0.05, 0) is 37.2 Å². The summed E-state index contributed by atoms with van der Waals surface area (Å²) in [5.74, 6) is -0.0496. The van der Waals surface area contributed by atoms with Crippen LogP contribution in [0.15, 0.2) is 23.2 Å². The van der Waals surface area contributed by atoms with Gasteiger partial charge in [0.05, 0.1) is 10.8 Å². The first kappa shape index (κ1) is 12.6. The normalized spacial score (nSPS) is 9.44. The number of carbonyl (C=O) groups is 1. The first-order chi connectivity index (χ1) is 7.57. The molecule has 0 atom stereocenters. The average molecular weight is 234 g/mol. The molecule has 0 N–H and O–H groups in total. The van der Waals surface area contributed by atoms with E-state index in [1.54, 1.807) is 4.90 Å². The van der Waals surface area contributed by atoms with Crippen LogP contribution in [-0.2, 0) is 4.79 Å². The molecule has 0 radical (unpaired) electrons. The van der Waals surface area contributed by atoms with E-state index >= 15 is 0 Å². The summed E-state index contributed by atoms with van der Waals surface area (Å²) in [6.45, 7) is 5.69. The molecule has 3 nitrogen and oxygen atoms in total. The summed E-state index contributed by atoms with van der Waals surface area (Å²) >= 11 is 4.52. The molecular formula is C12H14N2OS. The van der Waals surface area contributed by atoms with Crippen LogP contribution in [0.5, 0.6) is 0 Å². The molecule has 1 amide bonds. The van der Waals surface area contributed by atoms with E-state index in [2.05, 4.69) is 22.4 Å². The summed E-state index contributed by atoms with van der Waals surface area (Å²) in [7, 11) is 0. The standard InChI is InChI=1S/C12H14N2OS/c1-9-5-4-6-10(2)12(9)14(11(3)15)7-13-8-16/h4-6H,7H2,1-3H3. The predicted molar refractivity (Wildman–Crippen MR) is 69.0 cm³/mol. The van der Waals surface area contributed by atoms with E-state index in [0.717, 1.165) is 16.8 Å². The van der Waals surface area contributed by atoms with Crippen molar-refractivity contribution >= 4 is 29.0 Å². The molecular weight excluding hydrogens is 220 g/mol. The van der Waals surface area contributed by atoms with Gasteiger partial charge in [0.15, 0.2) is 0 Å². The number of carbonyl (C=O) groups excluding carboxylic acids is 1. The second kappa shape index (κ2) is 5.54. The number of thiocarbonyl (C=S) groups is 1. The number of rotatable bonds is 3. The molecule has 0 fully saturated rings. The largest absolute Gasteiger partial charge is 0.291 e. The van der Waals surface area contributed by atoms with Crippen LogP contribution < -0.4 is 4.90 Å². The lowest BCUT2D eigenvalue weighted by atomic mass is 10.1. The number of anilines is 1. The van der Waals surface area contributed by atoms with Gasteiger partial charge in [-0.1, -0.05) is 18.2 Å². The van der Waals surface area contributed by atoms with Gasteiger partial charge >= 0.3 is 0 Å². The van der Waals surface area contributed by atoms with Gasteiger partial charge in [-0.25, -0.2) is 4.99 Å². The van der Waals surface area contributed by atoms with Gasteiger partial charge in [-0.15, -0.1) is 0 Å². The molecule has 1 aromatic carbocycles. The molecule has 0 saturated heterocycles. The average Bonchev–Trinajstić information content (AvgIpc) is 2.21. The maximum atomic E-state index is 11.6. The van der Waals surface area contributed by atoms with Gasteiger partial charge in [0, 0.05) is 6.92 Å². The van der Waals surface area contributed by atoms with E-state index in [1.165, 1.54) is 6.92 Å². The molecule has 16 heavy (non-hydrogen) atoms. The molecule has 84 valence electrons. The molecule has 0 saturated carbocycles. The maximum Gasteiger partial charge on any atom is 0.225 e. The van der Waals surface area contributed by atoms with E-state index in [4.69, 9.17) is 0 Å². The lowest BCUT2D eigenvalue weighted by Gasteiger charge is -2.22. The number of aliphatic imine (C=N–C) groups is 1. The van der Waals surface area contributed by atoms with E-state index in [1.807, 2.05) is 32.0 Å². The quantitative estimate of drug-likeness (QED) is 0.595. The highest BCUT2D eigenvalue weighted by Gasteiger charge is 2.14. The minimum absolute atomic E-state index is 0.0496. The Balaban J connectivity index is 3.20. The topological polar surface area (TPSA) is 32.7 Å². The van der Waals surface area contributed by atoms with Crippen LogP contribution in [0.2, 0.25) is 0 Å². The molecule has 1 aromatic rings. The molecule has 0 unspecified atom stereocenters. The minimum Gasteiger partial charge on any atom is -0.291 e. The second-order valence-electron chi connectivity index (χ2n) is 3.58. The minimum atomic E-state index is -0.0496. The monoisotopic (exact) mass is 234 g/mol. The zero-order chi connectivity index (χ0) is 12.1. The smallest absolute Gasteiger partial charge is 0.225 e. The maximum absolute atomic E-state index is 11.6. The summed E-state index contributed by atoms with van der Waals surface area (Å²) in [5, 5.41) is 2.28. The molecule has 0 aromatic heterocycles. The van der Waals surface area contributed by atoms with Crippen molar-refractivity contribution in [3.63, 3.8) is 0 Å². The van der Waals surface area contributed by atoms with E-state index in [-0.39, 0.29) is 12.6 Å². The molecule has 0 aliphatic rings. The number of benzene rings is 1. The Kier molecular flexibility index (Phi) is 4.35. The Hall–Kier alpha value is -1.51. The first-order valence-corrected chi connectivity index (χ1v) is 5.36. The van der Waals surface area contributed by atoms with Crippen molar-refractivity contribution < 1.29 is 4.79 Å². The Labute approximate surface area is 101 Å². The van der Waals surface area contributed by atoms with Crippen molar-refractivity contribution in [1.82, 2.24) is 0 Å². The SMILES string of the molecule is CC(=O)N(CN=C=S)c1c(C)cccc1C. The highest BCUT2D eigenvalue weighted by atomic mass is 32.1. The first-order valence-electron chi connectivity index (χ1n) is 4.96. The number of amides is 1. The summed E-state index contributed by atoms with van der Waals surface area (Å²) in [6, 6.07) is 5.91. The molecule has 0 aliphatic carbocycles. The summed E-state index contributed by atoms with van der Waals surface area (Å²) in [4.78, 5) is 17.0. The molecule has 4 heteroatoms. The number of nitrogens with zero attached hydrogens (tertiary/aromatic N) is 2. The van der Waals surface area contributed by atoms with Gasteiger partial charge in [-0.3, -0.25) is 9.69 Å². The molecule has 1 rings (SSSR count). The summed E-state index contributed by atoms with van der Waals surface area (Å²) in [5.41, 5.74) is 3.01.